The summed E-state index contributed by atoms with van der Waals surface area (Å²) in [6.45, 7) is 7.95. The van der Waals surface area contributed by atoms with Gasteiger partial charge in [0.1, 0.15) is 6.61 Å². The van der Waals surface area contributed by atoms with Gasteiger partial charge in [-0.15, -0.1) is 0 Å². The fraction of sp³-hybridized carbons (Fsp3) is 0.933. The molecule has 0 aromatic rings. The van der Waals surface area contributed by atoms with Crippen LogP contribution in [-0.4, -0.2) is 29.5 Å². The third-order valence-corrected chi connectivity index (χ3v) is 4.78. The van der Waals surface area contributed by atoms with Crippen LogP contribution in [0.25, 0.3) is 0 Å². The summed E-state index contributed by atoms with van der Waals surface area (Å²) in [6, 6.07) is 0. The normalized spacial score (nSPS) is 13.6. The van der Waals surface area contributed by atoms with E-state index in [0.717, 1.165) is 6.42 Å². The zero-order valence-corrected chi connectivity index (χ0v) is 13.9. The van der Waals surface area contributed by atoms with Gasteiger partial charge < -0.3 is 4.74 Å². The lowest BCUT2D eigenvalue weighted by molar-refractivity contribution is -0.143. The van der Waals surface area contributed by atoms with Gasteiger partial charge in [-0.05, 0) is 24.5 Å². The van der Waals surface area contributed by atoms with Gasteiger partial charge in [0, 0.05) is 24.5 Å². The van der Waals surface area contributed by atoms with Gasteiger partial charge in [0.25, 0.3) is 0 Å². The summed E-state index contributed by atoms with van der Waals surface area (Å²) in [5.74, 6) is -1.66. The molecule has 0 fully saturated rings. The van der Waals surface area contributed by atoms with Crippen molar-refractivity contribution in [3.05, 3.63) is 0 Å². The Bertz CT molecular complexity index is 271. The molecule has 0 N–H and O–H groups in total. The number of thioether (sulfide) groups is 1. The van der Waals surface area contributed by atoms with Crippen molar-refractivity contribution in [2.24, 2.45) is 5.92 Å². The van der Waals surface area contributed by atoms with Crippen molar-refractivity contribution in [1.82, 2.24) is 0 Å². The average Bonchev–Trinajstić information content (AvgIpc) is 2.37. The number of halogens is 2. The minimum atomic E-state index is -2.54. The Labute approximate surface area is 126 Å². The highest BCUT2D eigenvalue weighted by Crippen LogP contribution is 2.27. The number of esters is 1. The first kappa shape index (κ1) is 19.7. The minimum Gasteiger partial charge on any atom is -0.464 e. The summed E-state index contributed by atoms with van der Waals surface area (Å²) in [5.41, 5.74) is 0. The van der Waals surface area contributed by atoms with Gasteiger partial charge in [-0.25, -0.2) is 8.78 Å². The second-order valence-electron chi connectivity index (χ2n) is 5.40. The smallest absolute Gasteiger partial charge is 0.305 e. The molecule has 0 radical (unpaired) electrons. The molecular weight excluding hydrogens is 282 g/mol. The molecule has 0 aliphatic heterocycles. The lowest BCUT2D eigenvalue weighted by Gasteiger charge is -2.21. The van der Waals surface area contributed by atoms with Crippen LogP contribution < -0.4 is 0 Å². The van der Waals surface area contributed by atoms with Gasteiger partial charge in [0.2, 0.25) is 5.92 Å². The molecular formula is C15H28F2O2S. The number of ether oxygens (including phenoxy) is 1. The summed E-state index contributed by atoms with van der Waals surface area (Å²) in [7, 11) is 0. The van der Waals surface area contributed by atoms with Crippen LogP contribution in [0, 0.1) is 5.92 Å². The monoisotopic (exact) mass is 310 g/mol. The molecule has 1 atom stereocenters. The van der Waals surface area contributed by atoms with E-state index in [1.54, 1.807) is 11.8 Å². The average molecular weight is 310 g/mol. The van der Waals surface area contributed by atoms with Gasteiger partial charge >= 0.3 is 5.97 Å². The maximum Gasteiger partial charge on any atom is 0.305 e. The second-order valence-corrected chi connectivity index (χ2v) is 6.75. The van der Waals surface area contributed by atoms with E-state index in [0.29, 0.717) is 31.1 Å². The number of hydrogen-bond donors (Lipinski definition) is 0. The van der Waals surface area contributed by atoms with Crippen LogP contribution in [-0.2, 0) is 9.53 Å². The Morgan fingerprint density at radius 3 is 2.45 bits per heavy atom. The number of alkyl halides is 2. The minimum absolute atomic E-state index is 0.0586. The molecule has 0 saturated carbocycles. The molecule has 0 amide bonds. The predicted octanol–water partition coefficient (Wildman–Crippen LogP) is 4.91. The highest BCUT2D eigenvalue weighted by Gasteiger charge is 2.25. The van der Waals surface area contributed by atoms with Crippen molar-refractivity contribution in [3.63, 3.8) is 0 Å². The Morgan fingerprint density at radius 1 is 1.30 bits per heavy atom. The number of carbonyl (C=O) groups is 1. The van der Waals surface area contributed by atoms with E-state index in [9.17, 15) is 13.6 Å². The molecule has 20 heavy (non-hydrogen) atoms. The van der Waals surface area contributed by atoms with Crippen molar-refractivity contribution in [3.8, 4) is 0 Å². The van der Waals surface area contributed by atoms with E-state index in [1.807, 2.05) is 6.92 Å². The largest absolute Gasteiger partial charge is 0.464 e. The predicted molar refractivity (Wildman–Crippen MR) is 81.4 cm³/mol. The van der Waals surface area contributed by atoms with Crippen LogP contribution in [0.15, 0.2) is 0 Å². The molecule has 0 bridgehead atoms. The fourth-order valence-electron chi connectivity index (χ4n) is 1.63. The van der Waals surface area contributed by atoms with E-state index < -0.39 is 5.92 Å². The van der Waals surface area contributed by atoms with E-state index in [1.165, 1.54) is 6.92 Å². The van der Waals surface area contributed by atoms with Crippen molar-refractivity contribution >= 4 is 17.7 Å². The third kappa shape index (κ3) is 9.56. The Kier molecular flexibility index (Phi) is 10.2. The maximum absolute atomic E-state index is 13.1. The molecule has 5 heteroatoms. The lowest BCUT2D eigenvalue weighted by Crippen LogP contribution is -2.22. The van der Waals surface area contributed by atoms with Gasteiger partial charge in [-0.3, -0.25) is 4.79 Å². The molecule has 0 aliphatic rings. The summed E-state index contributed by atoms with van der Waals surface area (Å²) in [5, 5.41) is 0.186. The third-order valence-electron chi connectivity index (χ3n) is 3.14. The maximum atomic E-state index is 13.1. The molecule has 1 unspecified atom stereocenters. The van der Waals surface area contributed by atoms with Gasteiger partial charge in [-0.1, -0.05) is 27.7 Å². The fourth-order valence-corrected chi connectivity index (χ4v) is 2.79. The topological polar surface area (TPSA) is 26.3 Å². The Balaban J connectivity index is 3.95. The van der Waals surface area contributed by atoms with Crippen molar-refractivity contribution in [1.29, 1.82) is 0 Å². The molecule has 0 saturated heterocycles. The van der Waals surface area contributed by atoms with Crippen molar-refractivity contribution in [2.45, 2.75) is 71.0 Å². The van der Waals surface area contributed by atoms with Crippen molar-refractivity contribution in [2.75, 3.05) is 12.4 Å². The van der Waals surface area contributed by atoms with E-state index in [-0.39, 0.29) is 24.1 Å². The van der Waals surface area contributed by atoms with Crippen LogP contribution in [0.3, 0.4) is 0 Å². The highest BCUT2D eigenvalue weighted by atomic mass is 32.2. The molecule has 0 aliphatic carbocycles. The molecule has 0 spiro atoms. The summed E-state index contributed by atoms with van der Waals surface area (Å²) in [6.07, 6.45) is 1.57. The Morgan fingerprint density at radius 2 is 1.95 bits per heavy atom. The first-order valence-corrected chi connectivity index (χ1v) is 8.52. The van der Waals surface area contributed by atoms with Gasteiger partial charge in [0.15, 0.2) is 0 Å². The van der Waals surface area contributed by atoms with E-state index >= 15 is 0 Å². The summed E-state index contributed by atoms with van der Waals surface area (Å²) >= 11 is 1.63. The van der Waals surface area contributed by atoms with Crippen LogP contribution in [0.2, 0.25) is 0 Å². The SMILES string of the molecule is CCCC(=O)OCC(SCCCC(F)(F)CC)C(C)C. The highest BCUT2D eigenvalue weighted by molar-refractivity contribution is 7.99. The molecule has 120 valence electrons. The molecule has 0 rings (SSSR count). The van der Waals surface area contributed by atoms with Crippen LogP contribution in [0.1, 0.15) is 59.8 Å². The standard InChI is InChI=1S/C15H28F2O2S/c1-5-8-14(18)19-11-13(12(3)4)20-10-7-9-15(16,17)6-2/h12-13H,5-11H2,1-4H3. The van der Waals surface area contributed by atoms with Crippen LogP contribution in [0.4, 0.5) is 8.78 Å². The Hall–Kier alpha value is -0.320. The quantitative estimate of drug-likeness (QED) is 0.400. The number of rotatable bonds is 11. The van der Waals surface area contributed by atoms with Gasteiger partial charge in [-0.2, -0.15) is 11.8 Å². The lowest BCUT2D eigenvalue weighted by atomic mass is 10.1. The van der Waals surface area contributed by atoms with E-state index in [2.05, 4.69) is 13.8 Å². The number of hydrogen-bond acceptors (Lipinski definition) is 3. The van der Waals surface area contributed by atoms with Gasteiger partial charge in [0.05, 0.1) is 0 Å². The van der Waals surface area contributed by atoms with Crippen LogP contribution in [0.5, 0.6) is 0 Å². The molecule has 2 nitrogen and oxygen atoms in total. The second kappa shape index (κ2) is 10.4. The van der Waals surface area contributed by atoms with E-state index in [4.69, 9.17) is 4.74 Å². The van der Waals surface area contributed by atoms with Crippen molar-refractivity contribution < 1.29 is 18.3 Å². The van der Waals surface area contributed by atoms with Crippen LogP contribution >= 0.6 is 11.8 Å². The zero-order valence-electron chi connectivity index (χ0n) is 13.1. The zero-order chi connectivity index (χ0) is 15.6. The number of carbonyl (C=O) groups excluding carboxylic acids is 1. The summed E-state index contributed by atoms with van der Waals surface area (Å²) < 4.78 is 31.4. The molecule has 0 heterocycles. The molecule has 0 aromatic carbocycles. The summed E-state index contributed by atoms with van der Waals surface area (Å²) in [4.78, 5) is 11.3. The first-order chi connectivity index (χ1) is 9.32. The first-order valence-electron chi connectivity index (χ1n) is 7.47. The molecule has 0 aromatic heterocycles.